The van der Waals surface area contributed by atoms with Crippen LogP contribution in [0.25, 0.3) is 0 Å². The van der Waals surface area contributed by atoms with Crippen LogP contribution < -0.4 is 15.4 Å². The molecule has 0 spiro atoms. The quantitative estimate of drug-likeness (QED) is 0.823. The van der Waals surface area contributed by atoms with E-state index in [2.05, 4.69) is 15.6 Å². The number of ether oxygens (including phenoxy) is 1. The molecule has 5 nitrogen and oxygen atoms in total. The van der Waals surface area contributed by atoms with E-state index in [4.69, 9.17) is 16.3 Å². The zero-order valence-corrected chi connectivity index (χ0v) is 13.1. The van der Waals surface area contributed by atoms with Crippen molar-refractivity contribution in [3.05, 3.63) is 53.3 Å². The molecule has 2 rings (SSSR count). The summed E-state index contributed by atoms with van der Waals surface area (Å²) in [7, 11) is 1.80. The zero-order valence-electron chi connectivity index (χ0n) is 12.3. The van der Waals surface area contributed by atoms with Gasteiger partial charge in [-0.2, -0.15) is 0 Å². The van der Waals surface area contributed by atoms with Gasteiger partial charge in [-0.1, -0.05) is 17.7 Å². The maximum atomic E-state index is 11.6. The molecule has 0 aliphatic heterocycles. The Morgan fingerprint density at radius 1 is 1.36 bits per heavy atom. The summed E-state index contributed by atoms with van der Waals surface area (Å²) in [5.74, 6) is 0.508. The molecule has 2 aromatic rings. The van der Waals surface area contributed by atoms with E-state index >= 15 is 0 Å². The summed E-state index contributed by atoms with van der Waals surface area (Å²) in [6.45, 7) is 1.02. The fourth-order valence-electron chi connectivity index (χ4n) is 1.80. The summed E-state index contributed by atoms with van der Waals surface area (Å²) in [6.07, 6.45) is 3.86. The number of hydrogen-bond donors (Lipinski definition) is 2. The Bertz CT molecular complexity index is 620. The molecule has 0 unspecified atom stereocenters. The molecule has 2 N–H and O–H groups in total. The SMILES string of the molecule is CNCCC(=O)Nc1ccc(OCc2cccnc2)c(Cl)c1. The summed E-state index contributed by atoms with van der Waals surface area (Å²) < 4.78 is 5.65. The Hall–Kier alpha value is -2.11. The molecule has 1 heterocycles. The first-order valence-electron chi connectivity index (χ1n) is 6.95. The molecule has 0 radical (unpaired) electrons. The topological polar surface area (TPSA) is 63.2 Å². The minimum atomic E-state index is -0.0607. The number of halogens is 1. The number of carbonyl (C=O) groups excluding carboxylic acids is 1. The highest BCUT2D eigenvalue weighted by molar-refractivity contribution is 6.32. The van der Waals surface area contributed by atoms with E-state index in [1.807, 2.05) is 12.1 Å². The van der Waals surface area contributed by atoms with Crippen LogP contribution in [0.2, 0.25) is 5.02 Å². The molecule has 0 aliphatic rings. The predicted octanol–water partition coefficient (Wildman–Crippen LogP) is 2.86. The first-order chi connectivity index (χ1) is 10.7. The van der Waals surface area contributed by atoms with Crippen molar-refractivity contribution >= 4 is 23.2 Å². The van der Waals surface area contributed by atoms with Gasteiger partial charge in [-0.05, 0) is 31.3 Å². The number of rotatable bonds is 7. The number of benzene rings is 1. The molecule has 0 saturated heterocycles. The number of aromatic nitrogens is 1. The first-order valence-corrected chi connectivity index (χ1v) is 7.32. The van der Waals surface area contributed by atoms with Gasteiger partial charge >= 0.3 is 0 Å². The molecular weight excluding hydrogens is 302 g/mol. The molecule has 0 atom stereocenters. The highest BCUT2D eigenvalue weighted by atomic mass is 35.5. The van der Waals surface area contributed by atoms with Crippen molar-refractivity contribution in [1.29, 1.82) is 0 Å². The fourth-order valence-corrected chi connectivity index (χ4v) is 2.04. The van der Waals surface area contributed by atoms with Crippen molar-refractivity contribution in [1.82, 2.24) is 10.3 Å². The average molecular weight is 320 g/mol. The molecule has 0 saturated carbocycles. The van der Waals surface area contributed by atoms with Gasteiger partial charge in [0.2, 0.25) is 5.91 Å². The molecule has 0 aliphatic carbocycles. The third-order valence-corrected chi connectivity index (χ3v) is 3.23. The van der Waals surface area contributed by atoms with Crippen molar-refractivity contribution in [3.8, 4) is 5.75 Å². The Labute approximate surface area is 134 Å². The van der Waals surface area contributed by atoms with Crippen molar-refractivity contribution in [3.63, 3.8) is 0 Å². The molecule has 0 fully saturated rings. The van der Waals surface area contributed by atoms with Gasteiger partial charge in [-0.25, -0.2) is 0 Å². The summed E-state index contributed by atoms with van der Waals surface area (Å²) in [5, 5.41) is 6.17. The average Bonchev–Trinajstić information content (AvgIpc) is 2.53. The maximum absolute atomic E-state index is 11.6. The number of nitrogens with zero attached hydrogens (tertiary/aromatic N) is 1. The number of hydrogen-bond acceptors (Lipinski definition) is 4. The molecule has 22 heavy (non-hydrogen) atoms. The number of pyridine rings is 1. The predicted molar refractivity (Wildman–Crippen MR) is 87.2 cm³/mol. The zero-order chi connectivity index (χ0) is 15.8. The van der Waals surface area contributed by atoms with Gasteiger partial charge in [0.05, 0.1) is 5.02 Å². The van der Waals surface area contributed by atoms with Gasteiger partial charge in [-0.3, -0.25) is 9.78 Å². The molecule has 0 bridgehead atoms. The van der Waals surface area contributed by atoms with E-state index < -0.39 is 0 Å². The Balaban J connectivity index is 1.93. The normalized spacial score (nSPS) is 10.3. The highest BCUT2D eigenvalue weighted by Gasteiger charge is 2.06. The minimum absolute atomic E-state index is 0.0607. The van der Waals surface area contributed by atoms with Crippen LogP contribution in [-0.4, -0.2) is 24.5 Å². The van der Waals surface area contributed by atoms with E-state index in [9.17, 15) is 4.79 Å². The largest absolute Gasteiger partial charge is 0.487 e. The van der Waals surface area contributed by atoms with Crippen LogP contribution in [0.4, 0.5) is 5.69 Å². The van der Waals surface area contributed by atoms with Crippen LogP contribution in [0.15, 0.2) is 42.7 Å². The maximum Gasteiger partial charge on any atom is 0.225 e. The number of amides is 1. The van der Waals surface area contributed by atoms with E-state index in [0.29, 0.717) is 36.0 Å². The smallest absolute Gasteiger partial charge is 0.225 e. The van der Waals surface area contributed by atoms with E-state index in [-0.39, 0.29) is 5.91 Å². The monoisotopic (exact) mass is 319 g/mol. The summed E-state index contributed by atoms with van der Waals surface area (Å²) in [5.41, 5.74) is 1.61. The molecule has 1 aromatic carbocycles. The lowest BCUT2D eigenvalue weighted by atomic mass is 10.2. The summed E-state index contributed by atoms with van der Waals surface area (Å²) in [4.78, 5) is 15.7. The molecule has 1 aromatic heterocycles. The van der Waals surface area contributed by atoms with Gasteiger partial charge in [0.25, 0.3) is 0 Å². The van der Waals surface area contributed by atoms with Crippen molar-refractivity contribution in [2.75, 3.05) is 18.9 Å². The van der Waals surface area contributed by atoms with E-state index in [1.165, 1.54) is 0 Å². The highest BCUT2D eigenvalue weighted by Crippen LogP contribution is 2.28. The van der Waals surface area contributed by atoms with Crippen molar-refractivity contribution < 1.29 is 9.53 Å². The van der Waals surface area contributed by atoms with Crippen molar-refractivity contribution in [2.24, 2.45) is 0 Å². The lowest BCUT2D eigenvalue weighted by Crippen LogP contribution is -2.18. The Morgan fingerprint density at radius 2 is 2.23 bits per heavy atom. The second kappa shape index (κ2) is 8.36. The van der Waals surface area contributed by atoms with Crippen LogP contribution in [0.5, 0.6) is 5.75 Å². The number of carbonyl (C=O) groups is 1. The van der Waals surface area contributed by atoms with Crippen LogP contribution >= 0.6 is 11.6 Å². The number of nitrogens with one attached hydrogen (secondary N) is 2. The van der Waals surface area contributed by atoms with Gasteiger partial charge in [0.1, 0.15) is 12.4 Å². The lowest BCUT2D eigenvalue weighted by molar-refractivity contribution is -0.116. The first kappa shape index (κ1) is 16.3. The van der Waals surface area contributed by atoms with Gasteiger partial charge in [0.15, 0.2) is 0 Å². The second-order valence-electron chi connectivity index (χ2n) is 4.70. The van der Waals surface area contributed by atoms with Gasteiger partial charge < -0.3 is 15.4 Å². The minimum Gasteiger partial charge on any atom is -0.487 e. The third-order valence-electron chi connectivity index (χ3n) is 2.93. The molecule has 116 valence electrons. The summed E-state index contributed by atoms with van der Waals surface area (Å²) in [6, 6.07) is 8.97. The summed E-state index contributed by atoms with van der Waals surface area (Å²) >= 11 is 6.18. The van der Waals surface area contributed by atoms with E-state index in [0.717, 1.165) is 5.56 Å². The lowest BCUT2D eigenvalue weighted by Gasteiger charge is -2.10. The molecule has 1 amide bonds. The fraction of sp³-hybridized carbons (Fsp3) is 0.250. The van der Waals surface area contributed by atoms with Crippen molar-refractivity contribution in [2.45, 2.75) is 13.0 Å². The van der Waals surface area contributed by atoms with E-state index in [1.54, 1.807) is 37.6 Å². The van der Waals surface area contributed by atoms with Gasteiger partial charge in [-0.15, -0.1) is 0 Å². The van der Waals surface area contributed by atoms with Crippen LogP contribution in [-0.2, 0) is 11.4 Å². The van der Waals surface area contributed by atoms with Crippen LogP contribution in [0.1, 0.15) is 12.0 Å². The Morgan fingerprint density at radius 3 is 2.91 bits per heavy atom. The Kier molecular flexibility index (Phi) is 6.18. The van der Waals surface area contributed by atoms with Gasteiger partial charge in [0, 0.05) is 36.6 Å². The molecular formula is C16H18ClN3O2. The standard InChI is InChI=1S/C16H18ClN3O2/c1-18-8-6-16(21)20-13-4-5-15(14(17)9-13)22-11-12-3-2-7-19-10-12/h2-5,7,9-10,18H,6,8,11H2,1H3,(H,20,21). The van der Waals surface area contributed by atoms with Crippen LogP contribution in [0.3, 0.4) is 0 Å². The third kappa shape index (κ3) is 5.02. The second-order valence-corrected chi connectivity index (χ2v) is 5.10. The molecule has 6 heteroatoms. The number of anilines is 1. The van der Waals surface area contributed by atoms with Crippen LogP contribution in [0, 0.1) is 0 Å².